The molecule has 2 aromatic heterocycles. The molecule has 4 atom stereocenters. The van der Waals surface area contributed by atoms with Crippen LogP contribution in [0.2, 0.25) is 0 Å². The SMILES string of the molecule is CC[C@@H](C)C(=O)N[C@H](C(=O)N1CCC[C@H]1CN(CCc1ccc(F)cc1)C(=O)c1cn2cccnc2n1)[C@@H](C)OC. The first-order valence-electron chi connectivity index (χ1n) is 14.2. The standard InChI is InChI=1S/C30H39FN6O4/c1-5-20(2)27(38)34-26(21(3)41-4)29(40)37-16-6-8-24(37)18-35(17-13-22-9-11-23(31)12-10-22)28(39)25-19-36-15-7-14-32-30(36)33-25/h7,9-12,14-15,19-21,24,26H,5-6,8,13,16-18H2,1-4H3,(H,34,38)/t20-,21-,24+,26+/m1/s1. The Labute approximate surface area is 239 Å². The molecular weight excluding hydrogens is 527 g/mol. The first-order valence-corrected chi connectivity index (χ1v) is 14.2. The van der Waals surface area contributed by atoms with Gasteiger partial charge in [0.05, 0.1) is 6.10 Å². The predicted octanol–water partition coefficient (Wildman–Crippen LogP) is 3.11. The van der Waals surface area contributed by atoms with Crippen LogP contribution in [0.3, 0.4) is 0 Å². The van der Waals surface area contributed by atoms with Crippen LogP contribution in [0.5, 0.6) is 0 Å². The molecule has 41 heavy (non-hydrogen) atoms. The fourth-order valence-corrected chi connectivity index (χ4v) is 5.03. The van der Waals surface area contributed by atoms with Crippen LogP contribution in [0.1, 0.15) is 56.1 Å². The Hall–Kier alpha value is -3.86. The van der Waals surface area contributed by atoms with Gasteiger partial charge in [-0.15, -0.1) is 0 Å². The molecule has 4 rings (SSSR count). The summed E-state index contributed by atoms with van der Waals surface area (Å²) in [5, 5.41) is 2.90. The molecule has 1 fully saturated rings. The lowest BCUT2D eigenvalue weighted by Gasteiger charge is -2.34. The van der Waals surface area contributed by atoms with Crippen molar-refractivity contribution in [1.29, 1.82) is 0 Å². The number of imidazole rings is 1. The monoisotopic (exact) mass is 566 g/mol. The summed E-state index contributed by atoms with van der Waals surface area (Å²) >= 11 is 0. The number of aromatic nitrogens is 3. The van der Waals surface area contributed by atoms with Gasteiger partial charge < -0.3 is 19.9 Å². The number of ether oxygens (including phenoxy) is 1. The van der Waals surface area contributed by atoms with E-state index < -0.39 is 12.1 Å². The van der Waals surface area contributed by atoms with Crippen molar-refractivity contribution in [2.75, 3.05) is 26.7 Å². The molecule has 0 saturated carbocycles. The predicted molar refractivity (Wildman–Crippen MR) is 152 cm³/mol. The molecule has 10 nitrogen and oxygen atoms in total. The summed E-state index contributed by atoms with van der Waals surface area (Å²) < 4.78 is 20.6. The van der Waals surface area contributed by atoms with Gasteiger partial charge in [0.25, 0.3) is 5.91 Å². The minimum atomic E-state index is -0.838. The molecular formula is C30H39FN6O4. The Kier molecular flexibility index (Phi) is 10.0. The zero-order chi connectivity index (χ0) is 29.5. The summed E-state index contributed by atoms with van der Waals surface area (Å²) in [6, 6.07) is 6.88. The third kappa shape index (κ3) is 7.27. The minimum Gasteiger partial charge on any atom is -0.379 e. The van der Waals surface area contributed by atoms with Crippen molar-refractivity contribution in [1.82, 2.24) is 29.5 Å². The van der Waals surface area contributed by atoms with Crippen LogP contribution in [-0.4, -0.2) is 86.8 Å². The van der Waals surface area contributed by atoms with E-state index in [1.807, 2.05) is 13.8 Å². The van der Waals surface area contributed by atoms with E-state index in [1.165, 1.54) is 19.2 Å². The Balaban J connectivity index is 1.56. The molecule has 1 aliphatic rings. The molecule has 11 heteroatoms. The van der Waals surface area contributed by atoms with E-state index in [1.54, 1.807) is 57.9 Å². The third-order valence-electron chi connectivity index (χ3n) is 7.88. The highest BCUT2D eigenvalue weighted by Crippen LogP contribution is 2.22. The number of amides is 3. The van der Waals surface area contributed by atoms with E-state index in [0.717, 1.165) is 12.0 Å². The average Bonchev–Trinajstić information content (AvgIpc) is 3.64. The second kappa shape index (κ2) is 13.7. The van der Waals surface area contributed by atoms with Crippen LogP contribution < -0.4 is 5.32 Å². The second-order valence-corrected chi connectivity index (χ2v) is 10.6. The maximum atomic E-state index is 13.8. The number of carbonyl (C=O) groups is 3. The van der Waals surface area contributed by atoms with Gasteiger partial charge in [-0.3, -0.25) is 18.8 Å². The maximum Gasteiger partial charge on any atom is 0.274 e. The highest BCUT2D eigenvalue weighted by atomic mass is 19.1. The number of hydrogen-bond acceptors (Lipinski definition) is 6. The molecule has 3 amide bonds. The van der Waals surface area contributed by atoms with Crippen molar-refractivity contribution in [2.24, 2.45) is 5.92 Å². The zero-order valence-corrected chi connectivity index (χ0v) is 24.1. The summed E-state index contributed by atoms with van der Waals surface area (Å²) in [5.74, 6) is -0.824. The minimum absolute atomic E-state index is 0.193. The van der Waals surface area contributed by atoms with Crippen molar-refractivity contribution in [2.45, 2.75) is 64.6 Å². The lowest BCUT2D eigenvalue weighted by molar-refractivity contribution is -0.141. The molecule has 220 valence electrons. The number of nitrogens with zero attached hydrogens (tertiary/aromatic N) is 5. The Bertz CT molecular complexity index is 1310. The number of fused-ring (bicyclic) bond motifs is 1. The van der Waals surface area contributed by atoms with Crippen molar-refractivity contribution >= 4 is 23.5 Å². The van der Waals surface area contributed by atoms with Gasteiger partial charge in [0, 0.05) is 57.3 Å². The highest BCUT2D eigenvalue weighted by Gasteiger charge is 2.38. The quantitative estimate of drug-likeness (QED) is 0.361. The largest absolute Gasteiger partial charge is 0.379 e. The van der Waals surface area contributed by atoms with E-state index in [4.69, 9.17) is 4.74 Å². The first-order chi connectivity index (χ1) is 19.7. The van der Waals surface area contributed by atoms with Gasteiger partial charge in [0.2, 0.25) is 17.6 Å². The van der Waals surface area contributed by atoms with Crippen molar-refractivity contribution < 1.29 is 23.5 Å². The second-order valence-electron chi connectivity index (χ2n) is 10.6. The van der Waals surface area contributed by atoms with Gasteiger partial charge in [-0.2, -0.15) is 0 Å². The van der Waals surface area contributed by atoms with Crippen LogP contribution in [-0.2, 0) is 20.7 Å². The number of carbonyl (C=O) groups excluding carboxylic acids is 3. The molecule has 3 heterocycles. The molecule has 1 aliphatic heterocycles. The molecule has 1 aromatic carbocycles. The zero-order valence-electron chi connectivity index (χ0n) is 24.1. The number of likely N-dealkylation sites (tertiary alicyclic amines) is 1. The summed E-state index contributed by atoms with van der Waals surface area (Å²) in [4.78, 5) is 52.4. The van der Waals surface area contributed by atoms with Gasteiger partial charge in [-0.05, 0) is 56.4 Å². The first kappa shape index (κ1) is 30.1. The van der Waals surface area contributed by atoms with Gasteiger partial charge in [0.1, 0.15) is 17.6 Å². The van der Waals surface area contributed by atoms with Gasteiger partial charge in [-0.1, -0.05) is 26.0 Å². The molecule has 1 N–H and O–H groups in total. The molecule has 0 unspecified atom stereocenters. The van der Waals surface area contributed by atoms with Crippen LogP contribution in [0.25, 0.3) is 5.78 Å². The van der Waals surface area contributed by atoms with Crippen LogP contribution in [0.15, 0.2) is 48.9 Å². The topological polar surface area (TPSA) is 109 Å². The van der Waals surface area contributed by atoms with E-state index in [0.29, 0.717) is 44.7 Å². The van der Waals surface area contributed by atoms with Crippen molar-refractivity contribution in [3.63, 3.8) is 0 Å². The number of rotatable bonds is 12. The van der Waals surface area contributed by atoms with Crippen molar-refractivity contribution in [3.05, 3.63) is 66.0 Å². The van der Waals surface area contributed by atoms with Crippen LogP contribution >= 0.6 is 0 Å². The normalized spacial score (nSPS) is 17.3. The van der Waals surface area contributed by atoms with Crippen LogP contribution in [0, 0.1) is 11.7 Å². The van der Waals surface area contributed by atoms with E-state index in [9.17, 15) is 18.8 Å². The fraction of sp³-hybridized carbons (Fsp3) is 0.500. The molecule has 1 saturated heterocycles. The van der Waals surface area contributed by atoms with Gasteiger partial charge in [-0.25, -0.2) is 14.4 Å². The maximum absolute atomic E-state index is 13.8. The Morgan fingerprint density at radius 3 is 2.66 bits per heavy atom. The smallest absolute Gasteiger partial charge is 0.274 e. The molecule has 0 bridgehead atoms. The van der Waals surface area contributed by atoms with Crippen molar-refractivity contribution in [3.8, 4) is 0 Å². The van der Waals surface area contributed by atoms with E-state index in [-0.39, 0.29) is 41.2 Å². The number of nitrogens with one attached hydrogen (secondary N) is 1. The lowest BCUT2D eigenvalue weighted by Crippen LogP contribution is -2.57. The average molecular weight is 567 g/mol. The Morgan fingerprint density at radius 2 is 1.98 bits per heavy atom. The van der Waals surface area contributed by atoms with Crippen LogP contribution in [0.4, 0.5) is 4.39 Å². The number of benzene rings is 1. The summed E-state index contributed by atoms with van der Waals surface area (Å²) in [6.45, 7) is 6.68. The fourth-order valence-electron chi connectivity index (χ4n) is 5.03. The molecule has 3 aromatic rings. The Morgan fingerprint density at radius 1 is 1.22 bits per heavy atom. The summed E-state index contributed by atoms with van der Waals surface area (Å²) in [7, 11) is 1.52. The molecule has 0 aliphatic carbocycles. The van der Waals surface area contributed by atoms with E-state index in [2.05, 4.69) is 15.3 Å². The summed E-state index contributed by atoms with van der Waals surface area (Å²) in [5.41, 5.74) is 1.15. The van der Waals surface area contributed by atoms with Gasteiger partial charge in [0.15, 0.2) is 0 Å². The third-order valence-corrected chi connectivity index (χ3v) is 7.88. The molecule has 0 spiro atoms. The van der Waals surface area contributed by atoms with Gasteiger partial charge >= 0.3 is 0 Å². The number of halogens is 1. The highest BCUT2D eigenvalue weighted by molar-refractivity contribution is 5.93. The van der Waals surface area contributed by atoms with E-state index >= 15 is 0 Å². The molecule has 0 radical (unpaired) electrons. The lowest BCUT2D eigenvalue weighted by atomic mass is 10.1. The number of methoxy groups -OCH3 is 1. The summed E-state index contributed by atoms with van der Waals surface area (Å²) in [6.07, 6.45) is 7.16. The number of hydrogen-bond donors (Lipinski definition) is 1.